The molecule has 0 heterocycles. The predicted molar refractivity (Wildman–Crippen MR) is 138 cm³/mol. The number of benzene rings is 3. The number of carbonyl (C=O) groups is 5. The molecule has 1 amide bonds. The molecule has 0 aromatic heterocycles. The molecule has 0 saturated carbocycles. The number of ketones is 1. The molecule has 0 saturated heterocycles. The average Bonchev–Trinajstić information content (AvgIpc) is 2.85. The van der Waals surface area contributed by atoms with E-state index >= 15 is 0 Å². The van der Waals surface area contributed by atoms with E-state index in [9.17, 15) is 24.0 Å². The summed E-state index contributed by atoms with van der Waals surface area (Å²) in [6.07, 6.45) is 0. The first kappa shape index (κ1) is 27.5. The third-order valence-electron chi connectivity index (χ3n) is 5.29. The number of carbonyl (C=O) groups excluding carboxylic acids is 2. The quantitative estimate of drug-likeness (QED) is 0.208. The van der Waals surface area contributed by atoms with Crippen LogP contribution < -0.4 is 20.3 Å². The first-order valence-corrected chi connectivity index (χ1v) is 11.3. The van der Waals surface area contributed by atoms with Gasteiger partial charge in [0.1, 0.15) is 18.8 Å². The molecule has 0 aliphatic carbocycles. The summed E-state index contributed by atoms with van der Waals surface area (Å²) in [7, 11) is 0. The van der Waals surface area contributed by atoms with E-state index in [1.54, 1.807) is 18.2 Å². The molecular weight excluding hydrogens is 498 g/mol. The predicted octanol–water partition coefficient (Wildman–Crippen LogP) is 2.53. The van der Waals surface area contributed by atoms with Gasteiger partial charge in [0, 0.05) is 23.0 Å². The van der Waals surface area contributed by atoms with Crippen molar-refractivity contribution >= 4 is 57.4 Å². The standard InChI is InChI=1S/C26H25N3O9/c1-15(30)16-2-3-18-9-19(5-4-17(18)8-16)27-11-23(31)28-20-6-7-21(22(10-20)38-14-26(36)37)29(12-24(32)33)13-25(34)35/h2-10,27H,11-14H2,1H3,(H,28,31)(H,32,33)(H,34,35)(H,36,37). The van der Waals surface area contributed by atoms with Gasteiger partial charge < -0.3 is 35.6 Å². The summed E-state index contributed by atoms with van der Waals surface area (Å²) in [4.78, 5) is 58.5. The Morgan fingerprint density at radius 2 is 1.42 bits per heavy atom. The van der Waals surface area contributed by atoms with Gasteiger partial charge in [-0.2, -0.15) is 0 Å². The van der Waals surface area contributed by atoms with Crippen molar-refractivity contribution in [1.29, 1.82) is 0 Å². The van der Waals surface area contributed by atoms with Gasteiger partial charge in [-0.15, -0.1) is 0 Å². The van der Waals surface area contributed by atoms with Crippen molar-refractivity contribution in [2.75, 3.05) is 41.8 Å². The number of amides is 1. The summed E-state index contributed by atoms with van der Waals surface area (Å²) in [6, 6.07) is 14.8. The molecule has 198 valence electrons. The van der Waals surface area contributed by atoms with Crippen molar-refractivity contribution in [3.8, 4) is 5.75 Å². The van der Waals surface area contributed by atoms with Gasteiger partial charge in [-0.1, -0.05) is 18.2 Å². The molecule has 38 heavy (non-hydrogen) atoms. The third kappa shape index (κ3) is 7.68. The Morgan fingerprint density at radius 1 is 0.789 bits per heavy atom. The fraction of sp³-hybridized carbons (Fsp3) is 0.192. The van der Waals surface area contributed by atoms with E-state index in [-0.39, 0.29) is 29.5 Å². The van der Waals surface area contributed by atoms with Gasteiger partial charge in [-0.05, 0) is 48.0 Å². The molecule has 3 aromatic rings. The largest absolute Gasteiger partial charge is 0.480 e. The van der Waals surface area contributed by atoms with Gasteiger partial charge in [0.05, 0.1) is 12.2 Å². The van der Waals surface area contributed by atoms with Gasteiger partial charge in [0.2, 0.25) is 5.91 Å². The molecule has 3 aromatic carbocycles. The van der Waals surface area contributed by atoms with Gasteiger partial charge >= 0.3 is 17.9 Å². The maximum atomic E-state index is 12.5. The number of nitrogens with one attached hydrogen (secondary N) is 2. The smallest absolute Gasteiger partial charge is 0.341 e. The van der Waals surface area contributed by atoms with E-state index in [0.29, 0.717) is 11.3 Å². The minimum absolute atomic E-state index is 0.0354. The van der Waals surface area contributed by atoms with Crippen LogP contribution in [0.2, 0.25) is 0 Å². The monoisotopic (exact) mass is 523 g/mol. The Kier molecular flexibility index (Phi) is 8.82. The van der Waals surface area contributed by atoms with E-state index in [1.807, 2.05) is 18.2 Å². The summed E-state index contributed by atoms with van der Waals surface area (Å²) >= 11 is 0. The van der Waals surface area contributed by atoms with Gasteiger partial charge in [-0.3, -0.25) is 19.2 Å². The van der Waals surface area contributed by atoms with Crippen LogP contribution >= 0.6 is 0 Å². The number of rotatable bonds is 13. The van der Waals surface area contributed by atoms with Crippen LogP contribution in [-0.2, 0) is 19.2 Å². The number of nitrogens with zero attached hydrogens (tertiary/aromatic N) is 1. The lowest BCUT2D eigenvalue weighted by Gasteiger charge is -2.24. The number of hydrogen-bond donors (Lipinski definition) is 5. The molecule has 0 fully saturated rings. The van der Waals surface area contributed by atoms with Crippen LogP contribution in [0.4, 0.5) is 17.1 Å². The second-order valence-electron chi connectivity index (χ2n) is 8.24. The maximum absolute atomic E-state index is 12.5. The minimum atomic E-state index is -1.30. The average molecular weight is 523 g/mol. The lowest BCUT2D eigenvalue weighted by molar-refractivity contribution is -0.140. The first-order chi connectivity index (χ1) is 18.0. The van der Waals surface area contributed by atoms with Crippen LogP contribution in [0.1, 0.15) is 17.3 Å². The molecule has 5 N–H and O–H groups in total. The highest BCUT2D eigenvalue weighted by molar-refractivity contribution is 5.99. The van der Waals surface area contributed by atoms with Gasteiger partial charge in [-0.25, -0.2) is 4.79 Å². The molecule has 0 radical (unpaired) electrons. The second-order valence-corrected chi connectivity index (χ2v) is 8.24. The number of carboxylic acid groups (broad SMARTS) is 3. The fourth-order valence-electron chi connectivity index (χ4n) is 3.62. The van der Waals surface area contributed by atoms with Crippen molar-refractivity contribution in [3.63, 3.8) is 0 Å². The Bertz CT molecular complexity index is 1390. The first-order valence-electron chi connectivity index (χ1n) is 11.3. The molecule has 0 bridgehead atoms. The number of ether oxygens (including phenoxy) is 1. The van der Waals surface area contributed by atoms with Gasteiger partial charge in [0.25, 0.3) is 0 Å². The van der Waals surface area contributed by atoms with Crippen LogP contribution in [-0.4, -0.2) is 71.2 Å². The summed E-state index contributed by atoms with van der Waals surface area (Å²) < 4.78 is 5.24. The topological polar surface area (TPSA) is 183 Å². The Morgan fingerprint density at radius 3 is 2.05 bits per heavy atom. The molecule has 0 spiro atoms. The van der Waals surface area contributed by atoms with E-state index < -0.39 is 43.5 Å². The zero-order valence-electron chi connectivity index (χ0n) is 20.3. The highest BCUT2D eigenvalue weighted by Crippen LogP contribution is 2.32. The van der Waals surface area contributed by atoms with E-state index in [1.165, 1.54) is 25.1 Å². The highest BCUT2D eigenvalue weighted by Gasteiger charge is 2.20. The summed E-state index contributed by atoms with van der Waals surface area (Å²) in [6.45, 7) is -0.739. The molecular formula is C26H25N3O9. The van der Waals surface area contributed by atoms with E-state index in [0.717, 1.165) is 15.7 Å². The Balaban J connectivity index is 1.73. The Labute approximate surface area is 216 Å². The van der Waals surface area contributed by atoms with Crippen molar-refractivity contribution in [2.24, 2.45) is 0 Å². The molecule has 12 nitrogen and oxygen atoms in total. The highest BCUT2D eigenvalue weighted by atomic mass is 16.5. The normalized spacial score (nSPS) is 10.4. The molecule has 0 unspecified atom stereocenters. The van der Waals surface area contributed by atoms with Crippen molar-refractivity contribution in [1.82, 2.24) is 0 Å². The minimum Gasteiger partial charge on any atom is -0.480 e. The van der Waals surface area contributed by atoms with Crippen LogP contribution in [0.5, 0.6) is 5.75 Å². The lowest BCUT2D eigenvalue weighted by Crippen LogP contribution is -2.35. The molecule has 0 aliphatic rings. The molecule has 3 rings (SSSR count). The van der Waals surface area contributed by atoms with Crippen molar-refractivity contribution < 1.29 is 44.0 Å². The maximum Gasteiger partial charge on any atom is 0.341 e. The summed E-state index contributed by atoms with van der Waals surface area (Å²) in [5.74, 6) is -4.49. The lowest BCUT2D eigenvalue weighted by atomic mass is 10.0. The zero-order chi connectivity index (χ0) is 27.8. The second kappa shape index (κ2) is 12.2. The number of anilines is 3. The third-order valence-corrected chi connectivity index (χ3v) is 5.29. The fourth-order valence-corrected chi connectivity index (χ4v) is 3.62. The number of hydrogen-bond acceptors (Lipinski definition) is 8. The number of carboxylic acids is 3. The van der Waals surface area contributed by atoms with Crippen molar-refractivity contribution in [3.05, 3.63) is 60.2 Å². The SMILES string of the molecule is CC(=O)c1ccc2cc(NCC(=O)Nc3ccc(N(CC(=O)O)CC(=O)O)c(OCC(=O)O)c3)ccc2c1. The Hall–Kier alpha value is -5.13. The van der Waals surface area contributed by atoms with E-state index in [4.69, 9.17) is 20.1 Å². The number of fused-ring (bicyclic) bond motifs is 1. The van der Waals surface area contributed by atoms with Crippen LogP contribution in [0.25, 0.3) is 10.8 Å². The number of Topliss-reactive ketones (excluding diaryl/α,β-unsaturated/α-hetero) is 1. The summed E-state index contributed by atoms with van der Waals surface area (Å²) in [5, 5.41) is 34.6. The van der Waals surface area contributed by atoms with Crippen LogP contribution in [0.15, 0.2) is 54.6 Å². The molecule has 12 heteroatoms. The van der Waals surface area contributed by atoms with Crippen molar-refractivity contribution in [2.45, 2.75) is 6.92 Å². The molecule has 0 atom stereocenters. The number of aliphatic carboxylic acids is 3. The summed E-state index contributed by atoms with van der Waals surface area (Å²) in [5.41, 5.74) is 1.53. The molecule has 0 aliphatic heterocycles. The van der Waals surface area contributed by atoms with Gasteiger partial charge in [0.15, 0.2) is 12.4 Å². The van der Waals surface area contributed by atoms with E-state index in [2.05, 4.69) is 10.6 Å². The zero-order valence-corrected chi connectivity index (χ0v) is 20.3. The van der Waals surface area contributed by atoms with Crippen LogP contribution in [0.3, 0.4) is 0 Å². The van der Waals surface area contributed by atoms with Crippen LogP contribution in [0, 0.1) is 0 Å².